The van der Waals surface area contributed by atoms with E-state index < -0.39 is 12.3 Å². The summed E-state index contributed by atoms with van der Waals surface area (Å²) in [6.45, 7) is 1.88. The number of nitrogens with zero attached hydrogens (tertiary/aromatic N) is 1. The largest absolute Gasteiger partial charge is 0.573 e. The molecule has 27 heavy (non-hydrogen) atoms. The van der Waals surface area contributed by atoms with Gasteiger partial charge < -0.3 is 20.1 Å². The van der Waals surface area contributed by atoms with Crippen molar-refractivity contribution in [1.82, 2.24) is 5.32 Å². The second-order valence-corrected chi connectivity index (χ2v) is 6.36. The SMILES string of the molecule is O=C(O)c1cccc(CNC2CCN(c3cccc(OC(F)(F)F)c3)C2)c1. The number of rotatable bonds is 6. The molecule has 144 valence electrons. The molecule has 0 saturated carbocycles. The molecule has 0 spiro atoms. The van der Waals surface area contributed by atoms with Gasteiger partial charge in [0.25, 0.3) is 0 Å². The van der Waals surface area contributed by atoms with Crippen molar-refractivity contribution in [3.8, 4) is 5.75 Å². The van der Waals surface area contributed by atoms with Crippen molar-refractivity contribution in [2.24, 2.45) is 0 Å². The van der Waals surface area contributed by atoms with E-state index in [1.165, 1.54) is 18.2 Å². The molecular weight excluding hydrogens is 361 g/mol. The van der Waals surface area contributed by atoms with Gasteiger partial charge in [-0.15, -0.1) is 13.2 Å². The van der Waals surface area contributed by atoms with Crippen LogP contribution in [0.4, 0.5) is 18.9 Å². The van der Waals surface area contributed by atoms with Crippen LogP contribution >= 0.6 is 0 Å². The van der Waals surface area contributed by atoms with Gasteiger partial charge in [0.15, 0.2) is 0 Å². The Morgan fingerprint density at radius 2 is 2.00 bits per heavy atom. The Bertz CT molecular complexity index is 811. The normalized spacial score (nSPS) is 17.1. The van der Waals surface area contributed by atoms with Crippen LogP contribution in [-0.2, 0) is 6.54 Å². The fourth-order valence-corrected chi connectivity index (χ4v) is 3.12. The minimum atomic E-state index is -4.71. The highest BCUT2D eigenvalue weighted by molar-refractivity contribution is 5.87. The van der Waals surface area contributed by atoms with E-state index in [0.29, 0.717) is 25.3 Å². The Morgan fingerprint density at radius 1 is 1.22 bits per heavy atom. The van der Waals surface area contributed by atoms with Gasteiger partial charge >= 0.3 is 12.3 Å². The summed E-state index contributed by atoms with van der Waals surface area (Å²) in [5, 5.41) is 12.4. The van der Waals surface area contributed by atoms with Crippen LogP contribution in [0.1, 0.15) is 22.3 Å². The summed E-state index contributed by atoms with van der Waals surface area (Å²) in [6, 6.07) is 12.8. The Hall–Kier alpha value is -2.74. The lowest BCUT2D eigenvalue weighted by molar-refractivity contribution is -0.274. The zero-order valence-electron chi connectivity index (χ0n) is 14.4. The van der Waals surface area contributed by atoms with E-state index in [9.17, 15) is 18.0 Å². The molecular formula is C19H19F3N2O3. The molecule has 0 aromatic heterocycles. The molecule has 1 heterocycles. The van der Waals surface area contributed by atoms with Crippen LogP contribution in [0.3, 0.4) is 0 Å². The number of hydrogen-bond donors (Lipinski definition) is 2. The fourth-order valence-electron chi connectivity index (χ4n) is 3.12. The van der Waals surface area contributed by atoms with E-state index in [2.05, 4.69) is 10.1 Å². The zero-order valence-corrected chi connectivity index (χ0v) is 14.4. The van der Waals surface area contributed by atoms with Crippen molar-refractivity contribution in [2.45, 2.75) is 25.4 Å². The van der Waals surface area contributed by atoms with E-state index >= 15 is 0 Å². The summed E-state index contributed by atoms with van der Waals surface area (Å²) in [5.74, 6) is -1.20. The molecule has 3 rings (SSSR count). The molecule has 0 aliphatic carbocycles. The maximum atomic E-state index is 12.4. The summed E-state index contributed by atoms with van der Waals surface area (Å²) >= 11 is 0. The van der Waals surface area contributed by atoms with E-state index in [1.54, 1.807) is 24.3 Å². The van der Waals surface area contributed by atoms with Gasteiger partial charge in [0.05, 0.1) is 5.56 Å². The molecule has 1 atom stereocenters. The third-order valence-corrected chi connectivity index (χ3v) is 4.37. The topological polar surface area (TPSA) is 61.8 Å². The van der Waals surface area contributed by atoms with Crippen molar-refractivity contribution < 1.29 is 27.8 Å². The Balaban J connectivity index is 1.57. The van der Waals surface area contributed by atoms with Crippen LogP contribution in [0.15, 0.2) is 48.5 Å². The summed E-state index contributed by atoms with van der Waals surface area (Å²) < 4.78 is 41.1. The molecule has 1 fully saturated rings. The lowest BCUT2D eigenvalue weighted by atomic mass is 10.1. The number of aromatic carboxylic acids is 1. The van der Waals surface area contributed by atoms with Gasteiger partial charge in [-0.2, -0.15) is 0 Å². The highest BCUT2D eigenvalue weighted by atomic mass is 19.4. The van der Waals surface area contributed by atoms with Gasteiger partial charge in [0, 0.05) is 37.4 Å². The molecule has 1 unspecified atom stereocenters. The zero-order chi connectivity index (χ0) is 19.4. The molecule has 1 aliphatic heterocycles. The molecule has 0 amide bonds. The summed E-state index contributed by atoms with van der Waals surface area (Å²) in [7, 11) is 0. The summed E-state index contributed by atoms with van der Waals surface area (Å²) in [5.41, 5.74) is 1.78. The van der Waals surface area contributed by atoms with Crippen molar-refractivity contribution in [1.29, 1.82) is 0 Å². The highest BCUT2D eigenvalue weighted by Crippen LogP contribution is 2.28. The average Bonchev–Trinajstić information content (AvgIpc) is 3.08. The first-order valence-electron chi connectivity index (χ1n) is 8.46. The predicted molar refractivity (Wildman–Crippen MR) is 94.0 cm³/mol. The van der Waals surface area contributed by atoms with Gasteiger partial charge in [0.2, 0.25) is 0 Å². The number of carboxylic acids is 1. The fraction of sp³-hybridized carbons (Fsp3) is 0.316. The van der Waals surface area contributed by atoms with E-state index in [0.717, 1.165) is 12.0 Å². The molecule has 2 N–H and O–H groups in total. The number of carboxylic acid groups (broad SMARTS) is 1. The third-order valence-electron chi connectivity index (χ3n) is 4.37. The number of carbonyl (C=O) groups is 1. The number of hydrogen-bond acceptors (Lipinski definition) is 4. The van der Waals surface area contributed by atoms with E-state index in [-0.39, 0.29) is 17.4 Å². The van der Waals surface area contributed by atoms with E-state index in [1.807, 2.05) is 11.0 Å². The Kier molecular flexibility index (Phi) is 5.55. The van der Waals surface area contributed by atoms with Crippen LogP contribution in [0, 0.1) is 0 Å². The number of anilines is 1. The first kappa shape index (κ1) is 19.0. The van der Waals surface area contributed by atoms with Crippen molar-refractivity contribution in [3.63, 3.8) is 0 Å². The van der Waals surface area contributed by atoms with Gasteiger partial charge in [-0.25, -0.2) is 4.79 Å². The maximum Gasteiger partial charge on any atom is 0.573 e. The molecule has 2 aromatic rings. The van der Waals surface area contributed by atoms with Crippen molar-refractivity contribution >= 4 is 11.7 Å². The van der Waals surface area contributed by atoms with Crippen LogP contribution in [-0.4, -0.2) is 36.6 Å². The molecule has 2 aromatic carbocycles. The quantitative estimate of drug-likeness (QED) is 0.801. The second kappa shape index (κ2) is 7.87. The lowest BCUT2D eigenvalue weighted by Crippen LogP contribution is -2.32. The lowest BCUT2D eigenvalue weighted by Gasteiger charge is -2.20. The van der Waals surface area contributed by atoms with Gasteiger partial charge in [-0.3, -0.25) is 0 Å². The van der Waals surface area contributed by atoms with Gasteiger partial charge in [-0.05, 0) is 36.2 Å². The molecule has 0 radical (unpaired) electrons. The van der Waals surface area contributed by atoms with Crippen molar-refractivity contribution in [2.75, 3.05) is 18.0 Å². The molecule has 0 bridgehead atoms. The number of ether oxygens (including phenoxy) is 1. The van der Waals surface area contributed by atoms with Crippen LogP contribution in [0.25, 0.3) is 0 Å². The van der Waals surface area contributed by atoms with Crippen LogP contribution < -0.4 is 15.0 Å². The van der Waals surface area contributed by atoms with Crippen LogP contribution in [0.5, 0.6) is 5.75 Å². The minimum Gasteiger partial charge on any atom is -0.478 e. The number of alkyl halides is 3. The number of nitrogens with one attached hydrogen (secondary N) is 1. The van der Waals surface area contributed by atoms with Crippen LogP contribution in [0.2, 0.25) is 0 Å². The molecule has 5 nitrogen and oxygen atoms in total. The second-order valence-electron chi connectivity index (χ2n) is 6.36. The highest BCUT2D eigenvalue weighted by Gasteiger charge is 2.31. The average molecular weight is 380 g/mol. The smallest absolute Gasteiger partial charge is 0.478 e. The maximum absolute atomic E-state index is 12.4. The predicted octanol–water partition coefficient (Wildman–Crippen LogP) is 3.65. The number of halogens is 3. The Morgan fingerprint density at radius 3 is 2.74 bits per heavy atom. The standard InChI is InChI=1S/C19H19F3N2O3/c20-19(21,22)27-17-6-2-5-16(10-17)24-8-7-15(12-24)23-11-13-3-1-4-14(9-13)18(25)26/h1-6,9-10,15,23H,7-8,11-12H2,(H,25,26). The van der Waals surface area contributed by atoms with Crippen molar-refractivity contribution in [3.05, 3.63) is 59.7 Å². The first-order chi connectivity index (χ1) is 12.8. The third kappa shape index (κ3) is 5.37. The van der Waals surface area contributed by atoms with Gasteiger partial charge in [-0.1, -0.05) is 18.2 Å². The molecule has 8 heteroatoms. The Labute approximate surface area is 154 Å². The minimum absolute atomic E-state index is 0.158. The number of benzene rings is 2. The summed E-state index contributed by atoms with van der Waals surface area (Å²) in [4.78, 5) is 13.0. The molecule has 1 saturated heterocycles. The summed E-state index contributed by atoms with van der Waals surface area (Å²) in [6.07, 6.45) is -3.87. The first-order valence-corrected chi connectivity index (χ1v) is 8.46. The molecule has 1 aliphatic rings. The van der Waals surface area contributed by atoms with Gasteiger partial charge in [0.1, 0.15) is 5.75 Å². The van der Waals surface area contributed by atoms with E-state index in [4.69, 9.17) is 5.11 Å². The monoisotopic (exact) mass is 380 g/mol.